The van der Waals surface area contributed by atoms with Gasteiger partial charge in [-0.05, 0) is 55.2 Å². The van der Waals surface area contributed by atoms with Crippen LogP contribution in [0.15, 0.2) is 63.1 Å². The van der Waals surface area contributed by atoms with Gasteiger partial charge in [-0.1, -0.05) is 30.0 Å². The van der Waals surface area contributed by atoms with Crippen molar-refractivity contribution >= 4 is 33.4 Å². The van der Waals surface area contributed by atoms with Crippen LogP contribution in [-0.2, 0) is 21.2 Å². The fraction of sp³-hybridized carbons (Fsp3) is 0.318. The minimum absolute atomic E-state index is 0.00354. The molecular formula is C22H22N4O4S2. The minimum atomic E-state index is -3.46. The van der Waals surface area contributed by atoms with E-state index in [1.807, 2.05) is 24.3 Å². The lowest BCUT2D eigenvalue weighted by atomic mass is 10.2. The van der Waals surface area contributed by atoms with Crippen molar-refractivity contribution in [2.45, 2.75) is 29.4 Å². The second-order valence-electron chi connectivity index (χ2n) is 7.72. The minimum Gasteiger partial charge on any atom is -0.411 e. The highest BCUT2D eigenvalue weighted by atomic mass is 32.2. The van der Waals surface area contributed by atoms with Crippen LogP contribution in [0.4, 0.5) is 5.69 Å². The third kappa shape index (κ3) is 4.05. The molecule has 0 bridgehead atoms. The Kier molecular flexibility index (Phi) is 5.75. The molecular weight excluding hydrogens is 448 g/mol. The first-order valence-corrected chi connectivity index (χ1v) is 12.9. The van der Waals surface area contributed by atoms with Crippen molar-refractivity contribution < 1.29 is 17.6 Å². The normalized spacial score (nSPS) is 16.4. The molecule has 32 heavy (non-hydrogen) atoms. The van der Waals surface area contributed by atoms with E-state index >= 15 is 0 Å². The summed E-state index contributed by atoms with van der Waals surface area (Å²) >= 11 is 1.20. The van der Waals surface area contributed by atoms with Crippen molar-refractivity contribution in [3.63, 3.8) is 0 Å². The number of thioether (sulfide) groups is 1. The van der Waals surface area contributed by atoms with E-state index in [2.05, 4.69) is 10.2 Å². The number of benzene rings is 2. The summed E-state index contributed by atoms with van der Waals surface area (Å²) < 4.78 is 32.5. The van der Waals surface area contributed by atoms with Crippen LogP contribution >= 0.6 is 11.8 Å². The molecule has 0 saturated carbocycles. The molecule has 1 saturated heterocycles. The second kappa shape index (κ2) is 8.68. The van der Waals surface area contributed by atoms with E-state index in [1.165, 1.54) is 21.6 Å². The SMILES string of the molecule is O=C(CSc1nnc(-c2ccc(S(=O)(=O)N3CCCC3)cc2)o1)N1CCc2ccccc21. The first-order valence-electron chi connectivity index (χ1n) is 10.5. The van der Waals surface area contributed by atoms with Crippen molar-refractivity contribution in [1.82, 2.24) is 14.5 Å². The fourth-order valence-corrected chi connectivity index (χ4v) is 6.19. The summed E-state index contributed by atoms with van der Waals surface area (Å²) in [6, 6.07) is 14.4. The zero-order chi connectivity index (χ0) is 22.1. The molecule has 1 fully saturated rings. The number of fused-ring (bicyclic) bond motifs is 1. The number of hydrogen-bond donors (Lipinski definition) is 0. The maximum absolute atomic E-state index is 12.7. The molecule has 10 heteroatoms. The summed E-state index contributed by atoms with van der Waals surface area (Å²) in [5, 5.41) is 8.36. The van der Waals surface area contributed by atoms with Gasteiger partial charge in [-0.25, -0.2) is 8.42 Å². The van der Waals surface area contributed by atoms with Crippen molar-refractivity contribution in [2.75, 3.05) is 30.3 Å². The van der Waals surface area contributed by atoms with Crippen LogP contribution in [-0.4, -0.2) is 54.2 Å². The molecule has 3 aromatic rings. The van der Waals surface area contributed by atoms with Crippen LogP contribution in [0.2, 0.25) is 0 Å². The summed E-state index contributed by atoms with van der Waals surface area (Å²) in [6.45, 7) is 1.81. The molecule has 0 atom stereocenters. The first-order chi connectivity index (χ1) is 15.5. The number of carbonyl (C=O) groups is 1. The van der Waals surface area contributed by atoms with Crippen LogP contribution < -0.4 is 4.90 Å². The highest BCUT2D eigenvalue weighted by Crippen LogP contribution is 2.30. The molecule has 0 unspecified atom stereocenters. The number of carbonyl (C=O) groups excluding carboxylic acids is 1. The van der Waals surface area contributed by atoms with Gasteiger partial charge in [0.25, 0.3) is 5.22 Å². The van der Waals surface area contributed by atoms with Crippen LogP contribution in [0.25, 0.3) is 11.5 Å². The predicted molar refractivity (Wildman–Crippen MR) is 121 cm³/mol. The van der Waals surface area contributed by atoms with Gasteiger partial charge < -0.3 is 9.32 Å². The Balaban J connectivity index is 1.23. The van der Waals surface area contributed by atoms with Crippen LogP contribution in [0.1, 0.15) is 18.4 Å². The van der Waals surface area contributed by atoms with Crippen molar-refractivity contribution in [2.24, 2.45) is 0 Å². The van der Waals surface area contributed by atoms with E-state index in [-0.39, 0.29) is 22.4 Å². The lowest BCUT2D eigenvalue weighted by Crippen LogP contribution is -2.30. The Morgan fingerprint density at radius 2 is 1.75 bits per heavy atom. The molecule has 1 amide bonds. The molecule has 166 valence electrons. The Morgan fingerprint density at radius 3 is 2.53 bits per heavy atom. The maximum Gasteiger partial charge on any atom is 0.277 e. The van der Waals surface area contributed by atoms with Crippen molar-refractivity contribution in [3.8, 4) is 11.5 Å². The average Bonchev–Trinajstić information content (AvgIpc) is 3.58. The van der Waals surface area contributed by atoms with Crippen LogP contribution in [0, 0.1) is 0 Å². The van der Waals surface area contributed by atoms with Gasteiger partial charge in [0.1, 0.15) is 0 Å². The van der Waals surface area contributed by atoms with E-state index in [9.17, 15) is 13.2 Å². The van der Waals surface area contributed by atoms with Gasteiger partial charge in [-0.2, -0.15) is 4.31 Å². The smallest absolute Gasteiger partial charge is 0.277 e. The summed E-state index contributed by atoms with van der Waals surface area (Å²) in [5.74, 6) is 0.482. The third-order valence-electron chi connectivity index (χ3n) is 5.72. The molecule has 3 heterocycles. The molecule has 2 aromatic carbocycles. The summed E-state index contributed by atoms with van der Waals surface area (Å²) in [7, 11) is -3.46. The highest BCUT2D eigenvalue weighted by Gasteiger charge is 2.27. The Labute approximate surface area is 190 Å². The molecule has 8 nitrogen and oxygen atoms in total. The summed E-state index contributed by atoms with van der Waals surface area (Å²) in [5.41, 5.74) is 2.78. The zero-order valence-electron chi connectivity index (χ0n) is 17.3. The van der Waals surface area contributed by atoms with E-state index in [0.717, 1.165) is 24.9 Å². The van der Waals surface area contributed by atoms with Crippen molar-refractivity contribution in [1.29, 1.82) is 0 Å². The predicted octanol–water partition coefficient (Wildman–Crippen LogP) is 3.20. The quantitative estimate of drug-likeness (QED) is 0.511. The summed E-state index contributed by atoms with van der Waals surface area (Å²) in [6.07, 6.45) is 2.65. The second-order valence-corrected chi connectivity index (χ2v) is 10.6. The molecule has 0 radical (unpaired) electrons. The monoisotopic (exact) mass is 470 g/mol. The molecule has 0 N–H and O–H groups in total. The summed E-state index contributed by atoms with van der Waals surface area (Å²) in [4.78, 5) is 14.7. The number of rotatable bonds is 6. The van der Waals surface area contributed by atoms with Gasteiger partial charge in [0.2, 0.25) is 21.8 Å². The Morgan fingerprint density at radius 1 is 1.00 bits per heavy atom. The zero-order valence-corrected chi connectivity index (χ0v) is 18.9. The Hall–Kier alpha value is -2.69. The average molecular weight is 471 g/mol. The lowest BCUT2D eigenvalue weighted by Gasteiger charge is -2.16. The maximum atomic E-state index is 12.7. The van der Waals surface area contributed by atoms with Gasteiger partial charge in [0, 0.05) is 30.9 Å². The van der Waals surface area contributed by atoms with E-state index in [1.54, 1.807) is 29.2 Å². The topological polar surface area (TPSA) is 96.6 Å². The third-order valence-corrected chi connectivity index (χ3v) is 8.43. The van der Waals surface area contributed by atoms with Crippen LogP contribution in [0.5, 0.6) is 0 Å². The van der Waals surface area contributed by atoms with Gasteiger partial charge in [-0.3, -0.25) is 4.79 Å². The van der Waals surface area contributed by atoms with Gasteiger partial charge in [0.05, 0.1) is 10.6 Å². The molecule has 2 aliphatic heterocycles. The number of aromatic nitrogens is 2. The molecule has 0 aliphatic carbocycles. The molecule has 1 aromatic heterocycles. The number of anilines is 1. The fourth-order valence-electron chi connectivity index (χ4n) is 4.03. The van der Waals surface area contributed by atoms with E-state index < -0.39 is 10.0 Å². The largest absolute Gasteiger partial charge is 0.411 e. The van der Waals surface area contributed by atoms with Crippen LogP contribution in [0.3, 0.4) is 0 Å². The standard InChI is InChI=1S/C22H22N4O4S2/c27-20(26-14-11-16-5-1-2-6-19(16)26)15-31-22-24-23-21(30-22)17-7-9-18(10-8-17)32(28,29)25-12-3-4-13-25/h1-2,5-10H,3-4,11-15H2. The number of hydrogen-bond acceptors (Lipinski definition) is 7. The number of para-hydroxylation sites is 1. The Bertz CT molecular complexity index is 1230. The van der Waals surface area contributed by atoms with Crippen molar-refractivity contribution in [3.05, 3.63) is 54.1 Å². The highest BCUT2D eigenvalue weighted by molar-refractivity contribution is 7.99. The van der Waals surface area contributed by atoms with Gasteiger partial charge in [0.15, 0.2) is 0 Å². The van der Waals surface area contributed by atoms with E-state index in [0.29, 0.717) is 30.4 Å². The number of amides is 1. The van der Waals surface area contributed by atoms with Gasteiger partial charge >= 0.3 is 0 Å². The van der Waals surface area contributed by atoms with E-state index in [4.69, 9.17) is 4.42 Å². The molecule has 0 spiro atoms. The van der Waals surface area contributed by atoms with Gasteiger partial charge in [-0.15, -0.1) is 10.2 Å². The molecule has 5 rings (SSSR count). The number of nitrogens with zero attached hydrogens (tertiary/aromatic N) is 4. The molecule has 2 aliphatic rings. The number of sulfonamides is 1. The first kappa shape index (κ1) is 21.2. The lowest BCUT2D eigenvalue weighted by molar-refractivity contribution is -0.116.